The molecule has 1 aromatic carbocycles. The van der Waals surface area contributed by atoms with Crippen LogP contribution in [0.25, 0.3) is 0 Å². The van der Waals surface area contributed by atoms with Crippen molar-refractivity contribution in [3.05, 3.63) is 27.7 Å². The number of benzene rings is 1. The molecule has 0 spiro atoms. The molecule has 1 aromatic rings. The number of hydrogen-bond acceptors (Lipinski definition) is 3. The van der Waals surface area contributed by atoms with E-state index in [1.54, 1.807) is 20.8 Å². The van der Waals surface area contributed by atoms with Crippen LogP contribution in [0, 0.1) is 0 Å². The van der Waals surface area contributed by atoms with Gasteiger partial charge in [0, 0.05) is 17.6 Å². The lowest BCUT2D eigenvalue weighted by atomic mass is 10.2. The summed E-state index contributed by atoms with van der Waals surface area (Å²) in [4.78, 5) is -0.0295. The first kappa shape index (κ1) is 16.7. The molecule has 0 bridgehead atoms. The molecule has 0 atom stereocenters. The van der Waals surface area contributed by atoms with Gasteiger partial charge in [-0.2, -0.15) is 4.31 Å². The van der Waals surface area contributed by atoms with Gasteiger partial charge in [0.15, 0.2) is 0 Å². The van der Waals surface area contributed by atoms with Crippen molar-refractivity contribution in [1.29, 1.82) is 0 Å². The van der Waals surface area contributed by atoms with Crippen LogP contribution < -0.4 is 0 Å². The molecule has 0 aliphatic carbocycles. The lowest BCUT2D eigenvalue weighted by molar-refractivity contribution is 0.281. The van der Waals surface area contributed by atoms with Crippen LogP contribution in [0.2, 0.25) is 10.0 Å². The zero-order valence-electron chi connectivity index (χ0n) is 11.0. The molecule has 7 heteroatoms. The van der Waals surface area contributed by atoms with E-state index in [9.17, 15) is 8.42 Å². The second kappa shape index (κ2) is 6.41. The highest BCUT2D eigenvalue weighted by Crippen LogP contribution is 2.31. The Morgan fingerprint density at radius 2 is 1.84 bits per heavy atom. The molecule has 1 rings (SSSR count). The van der Waals surface area contributed by atoms with E-state index in [1.165, 1.54) is 16.4 Å². The minimum Gasteiger partial charge on any atom is -0.392 e. The zero-order chi connectivity index (χ0) is 14.8. The Kier molecular flexibility index (Phi) is 5.65. The third-order valence-electron chi connectivity index (χ3n) is 2.75. The Morgan fingerprint density at radius 3 is 2.26 bits per heavy atom. The maximum atomic E-state index is 12.5. The molecule has 4 nitrogen and oxygen atoms in total. The number of halogens is 2. The molecular formula is C12H17Cl2NO3S. The van der Waals surface area contributed by atoms with Crippen LogP contribution in [0.15, 0.2) is 17.0 Å². The van der Waals surface area contributed by atoms with Crippen molar-refractivity contribution >= 4 is 33.2 Å². The minimum absolute atomic E-state index is 0.0295. The van der Waals surface area contributed by atoms with E-state index in [-0.39, 0.29) is 27.6 Å². The van der Waals surface area contributed by atoms with Crippen molar-refractivity contribution in [2.45, 2.75) is 38.3 Å². The van der Waals surface area contributed by atoms with Gasteiger partial charge in [0.1, 0.15) is 4.90 Å². The normalized spacial score (nSPS) is 12.4. The molecule has 0 saturated carbocycles. The Hall–Kier alpha value is -0.330. The highest BCUT2D eigenvalue weighted by molar-refractivity contribution is 7.89. The van der Waals surface area contributed by atoms with Crippen molar-refractivity contribution in [3.63, 3.8) is 0 Å². The fourth-order valence-electron chi connectivity index (χ4n) is 1.83. The van der Waals surface area contributed by atoms with Gasteiger partial charge in [0.05, 0.1) is 11.6 Å². The van der Waals surface area contributed by atoms with Gasteiger partial charge in [0.2, 0.25) is 10.0 Å². The minimum atomic E-state index is -3.70. The van der Waals surface area contributed by atoms with Crippen molar-refractivity contribution < 1.29 is 13.5 Å². The number of aliphatic hydroxyl groups excluding tert-OH is 1. The Bertz CT molecular complexity index is 558. The molecule has 0 radical (unpaired) electrons. The van der Waals surface area contributed by atoms with E-state index in [1.807, 2.05) is 0 Å². The summed E-state index contributed by atoms with van der Waals surface area (Å²) < 4.78 is 26.4. The van der Waals surface area contributed by atoms with E-state index in [4.69, 9.17) is 28.3 Å². The van der Waals surface area contributed by atoms with Crippen molar-refractivity contribution in [3.8, 4) is 0 Å². The molecule has 0 amide bonds. The maximum absolute atomic E-state index is 12.5. The highest BCUT2D eigenvalue weighted by Gasteiger charge is 2.28. The molecule has 1 N–H and O–H groups in total. The predicted molar refractivity (Wildman–Crippen MR) is 77.1 cm³/mol. The van der Waals surface area contributed by atoms with Crippen LogP contribution >= 0.6 is 23.2 Å². The molecule has 19 heavy (non-hydrogen) atoms. The predicted octanol–water partition coefficient (Wildman–Crippen LogP) is 2.90. The van der Waals surface area contributed by atoms with Crippen LogP contribution in [0.3, 0.4) is 0 Å². The molecule has 108 valence electrons. The summed E-state index contributed by atoms with van der Waals surface area (Å²) in [6.45, 7) is 5.34. The molecule has 0 saturated heterocycles. The van der Waals surface area contributed by atoms with Gasteiger partial charge >= 0.3 is 0 Å². The van der Waals surface area contributed by atoms with Crippen LogP contribution in [-0.2, 0) is 16.6 Å². The third-order valence-corrected chi connectivity index (χ3v) is 5.71. The Labute approximate surface area is 124 Å². The first-order valence-corrected chi connectivity index (χ1v) is 8.05. The smallest absolute Gasteiger partial charge is 0.244 e. The lowest BCUT2D eigenvalue weighted by Crippen LogP contribution is -2.36. The number of sulfonamides is 1. The van der Waals surface area contributed by atoms with Crippen LogP contribution in [0.1, 0.15) is 26.3 Å². The fourth-order valence-corrected chi connectivity index (χ4v) is 4.31. The highest BCUT2D eigenvalue weighted by atomic mass is 35.5. The van der Waals surface area contributed by atoms with Crippen LogP contribution in [0.4, 0.5) is 0 Å². The number of aliphatic hydroxyl groups is 1. The summed E-state index contributed by atoms with van der Waals surface area (Å²) in [7, 11) is -3.70. The van der Waals surface area contributed by atoms with Gasteiger partial charge in [0.25, 0.3) is 0 Å². The average molecular weight is 326 g/mol. The second-order valence-electron chi connectivity index (χ2n) is 4.33. The maximum Gasteiger partial charge on any atom is 0.244 e. The molecule has 0 aromatic heterocycles. The first-order valence-electron chi connectivity index (χ1n) is 5.86. The SMILES string of the molecule is CCN(C(C)C)S(=O)(=O)c1cc(CO)c(Cl)cc1Cl. The van der Waals surface area contributed by atoms with Crippen molar-refractivity contribution in [1.82, 2.24) is 4.31 Å². The van der Waals surface area contributed by atoms with Gasteiger partial charge in [-0.15, -0.1) is 0 Å². The molecule has 0 unspecified atom stereocenters. The van der Waals surface area contributed by atoms with E-state index in [0.29, 0.717) is 12.1 Å². The quantitative estimate of drug-likeness (QED) is 0.905. The van der Waals surface area contributed by atoms with E-state index in [2.05, 4.69) is 0 Å². The molecule has 0 fully saturated rings. The van der Waals surface area contributed by atoms with E-state index >= 15 is 0 Å². The summed E-state index contributed by atoms with van der Waals surface area (Å²) >= 11 is 11.9. The summed E-state index contributed by atoms with van der Waals surface area (Å²) in [6.07, 6.45) is 0. The van der Waals surface area contributed by atoms with Gasteiger partial charge in [-0.1, -0.05) is 30.1 Å². The first-order chi connectivity index (χ1) is 8.75. The summed E-state index contributed by atoms with van der Waals surface area (Å²) in [5.74, 6) is 0. The summed E-state index contributed by atoms with van der Waals surface area (Å²) in [6, 6.07) is 2.49. The summed E-state index contributed by atoms with van der Waals surface area (Å²) in [5, 5.41) is 9.47. The molecule has 0 aliphatic heterocycles. The fraction of sp³-hybridized carbons (Fsp3) is 0.500. The third kappa shape index (κ3) is 3.41. The van der Waals surface area contributed by atoms with E-state index < -0.39 is 10.0 Å². The van der Waals surface area contributed by atoms with E-state index in [0.717, 1.165) is 0 Å². The Balaban J connectivity index is 3.44. The lowest BCUT2D eigenvalue weighted by Gasteiger charge is -2.25. The zero-order valence-corrected chi connectivity index (χ0v) is 13.3. The second-order valence-corrected chi connectivity index (χ2v) is 7.01. The standard InChI is InChI=1S/C12H17Cl2NO3S/c1-4-15(8(2)3)19(17,18)12-5-9(7-16)10(13)6-11(12)14/h5-6,8,16H,4,7H2,1-3H3. The van der Waals surface area contributed by atoms with Crippen LogP contribution in [-0.4, -0.2) is 30.4 Å². The van der Waals surface area contributed by atoms with Gasteiger partial charge in [-0.25, -0.2) is 8.42 Å². The topological polar surface area (TPSA) is 57.6 Å². The molecule has 0 heterocycles. The van der Waals surface area contributed by atoms with Crippen molar-refractivity contribution in [2.24, 2.45) is 0 Å². The molecular weight excluding hydrogens is 309 g/mol. The van der Waals surface area contributed by atoms with Gasteiger partial charge in [-0.05, 0) is 31.5 Å². The van der Waals surface area contributed by atoms with Gasteiger partial charge in [-0.3, -0.25) is 0 Å². The largest absolute Gasteiger partial charge is 0.392 e. The monoisotopic (exact) mass is 325 g/mol. The average Bonchev–Trinajstić information content (AvgIpc) is 2.28. The summed E-state index contributed by atoms with van der Waals surface area (Å²) in [5.41, 5.74) is 0.337. The number of rotatable bonds is 5. The molecule has 0 aliphatic rings. The number of nitrogens with zero attached hydrogens (tertiary/aromatic N) is 1. The van der Waals surface area contributed by atoms with Gasteiger partial charge < -0.3 is 5.11 Å². The number of hydrogen-bond donors (Lipinski definition) is 1. The Morgan fingerprint density at radius 1 is 1.26 bits per heavy atom. The van der Waals surface area contributed by atoms with Crippen molar-refractivity contribution in [2.75, 3.05) is 6.54 Å². The van der Waals surface area contributed by atoms with Crippen LogP contribution in [0.5, 0.6) is 0 Å².